The van der Waals surface area contributed by atoms with Crippen LogP contribution in [0.25, 0.3) is 0 Å². The highest BCUT2D eigenvalue weighted by Gasteiger charge is 2.39. The molecule has 12 heteroatoms. The number of benzene rings is 1. The highest BCUT2D eigenvalue weighted by molar-refractivity contribution is 7.90. The summed E-state index contributed by atoms with van der Waals surface area (Å²) in [6, 6.07) is 7.79. The van der Waals surface area contributed by atoms with E-state index in [4.69, 9.17) is 9.47 Å². The molecule has 3 rings (SSSR count). The van der Waals surface area contributed by atoms with Gasteiger partial charge in [-0.25, -0.2) is 13.2 Å². The average molecular weight is 540 g/mol. The van der Waals surface area contributed by atoms with E-state index in [1.807, 2.05) is 0 Å². The number of sulfone groups is 1. The Balaban J connectivity index is 1.70. The van der Waals surface area contributed by atoms with Gasteiger partial charge >= 0.3 is 6.09 Å². The Bertz CT molecular complexity index is 1050. The van der Waals surface area contributed by atoms with Crippen molar-refractivity contribution in [1.82, 2.24) is 15.1 Å². The number of ether oxygens (including phenoxy) is 2. The van der Waals surface area contributed by atoms with E-state index in [9.17, 15) is 27.9 Å². The van der Waals surface area contributed by atoms with Gasteiger partial charge in [0, 0.05) is 26.1 Å². The Morgan fingerprint density at radius 1 is 1.11 bits per heavy atom. The largest absolute Gasteiger partial charge is 0.444 e. The monoisotopic (exact) mass is 539 g/mol. The molecule has 1 aromatic rings. The molecule has 3 unspecified atom stereocenters. The number of hydrogen-bond donors (Lipinski definition) is 2. The topological polar surface area (TPSA) is 143 Å². The summed E-state index contributed by atoms with van der Waals surface area (Å²) in [4.78, 5) is 41.4. The highest BCUT2D eigenvalue weighted by Crippen LogP contribution is 2.19. The molecule has 1 aromatic carbocycles. The van der Waals surface area contributed by atoms with Crippen LogP contribution in [0.3, 0.4) is 0 Å². The molecular weight excluding hydrogens is 502 g/mol. The van der Waals surface area contributed by atoms with E-state index in [0.29, 0.717) is 31.9 Å². The summed E-state index contributed by atoms with van der Waals surface area (Å²) in [5.41, 5.74) is -0.137. The van der Waals surface area contributed by atoms with Crippen molar-refractivity contribution in [3.63, 3.8) is 0 Å². The molecule has 37 heavy (non-hydrogen) atoms. The molecule has 0 aromatic heterocycles. The zero-order valence-electron chi connectivity index (χ0n) is 21.6. The Kier molecular flexibility index (Phi) is 9.54. The van der Waals surface area contributed by atoms with Gasteiger partial charge in [0.05, 0.1) is 49.3 Å². The number of β-amino-alcohol motifs (C(OH)–C–C–N with tert-alkyl or cyclic N) is 1. The van der Waals surface area contributed by atoms with Gasteiger partial charge in [-0.3, -0.25) is 9.59 Å². The first kappa shape index (κ1) is 28.9. The van der Waals surface area contributed by atoms with E-state index >= 15 is 0 Å². The Hall–Kier alpha value is -2.70. The molecule has 0 radical (unpaired) electrons. The van der Waals surface area contributed by atoms with E-state index in [1.165, 1.54) is 4.90 Å². The number of morpholine rings is 1. The molecule has 3 atom stereocenters. The predicted molar refractivity (Wildman–Crippen MR) is 135 cm³/mol. The van der Waals surface area contributed by atoms with Gasteiger partial charge < -0.3 is 29.7 Å². The lowest BCUT2D eigenvalue weighted by Crippen LogP contribution is -2.48. The third-order valence-electron chi connectivity index (χ3n) is 6.11. The van der Waals surface area contributed by atoms with Gasteiger partial charge in [0.2, 0.25) is 11.8 Å². The van der Waals surface area contributed by atoms with E-state index in [0.717, 1.165) is 0 Å². The van der Waals surface area contributed by atoms with Crippen molar-refractivity contribution in [2.24, 2.45) is 5.92 Å². The highest BCUT2D eigenvalue weighted by atomic mass is 32.2. The molecule has 2 N–H and O–H groups in total. The summed E-state index contributed by atoms with van der Waals surface area (Å²) in [5.74, 6) is -2.94. The average Bonchev–Trinajstić information content (AvgIpc) is 3.18. The lowest BCUT2D eigenvalue weighted by molar-refractivity contribution is -0.139. The number of amides is 3. The fourth-order valence-electron chi connectivity index (χ4n) is 4.28. The van der Waals surface area contributed by atoms with Crippen LogP contribution in [-0.2, 0) is 34.7 Å². The Morgan fingerprint density at radius 2 is 1.76 bits per heavy atom. The lowest BCUT2D eigenvalue weighted by Gasteiger charge is -2.29. The number of rotatable bonds is 8. The quantitative estimate of drug-likeness (QED) is 0.488. The van der Waals surface area contributed by atoms with Gasteiger partial charge in [0.1, 0.15) is 5.60 Å². The van der Waals surface area contributed by atoms with Gasteiger partial charge in [-0.05, 0) is 26.3 Å². The number of likely N-dealkylation sites (tertiary alicyclic amines) is 1. The fourth-order valence-corrected chi connectivity index (χ4v) is 5.98. The smallest absolute Gasteiger partial charge is 0.410 e. The van der Waals surface area contributed by atoms with Gasteiger partial charge in [-0.15, -0.1) is 0 Å². The minimum atomic E-state index is -3.75. The Morgan fingerprint density at radius 3 is 2.38 bits per heavy atom. The maximum atomic E-state index is 13.3. The number of nitrogens with zero attached hydrogens (tertiary/aromatic N) is 2. The van der Waals surface area contributed by atoms with Crippen molar-refractivity contribution in [3.8, 4) is 0 Å². The van der Waals surface area contributed by atoms with Crippen molar-refractivity contribution < 1.29 is 37.4 Å². The SMILES string of the molecule is CC(C)(C)OC(=O)N1CC(O)C(NC(=O)C(CC(=O)N2CCOCC2)CS(=O)(=O)Cc2ccccc2)C1. The lowest BCUT2D eigenvalue weighted by atomic mass is 10.0. The molecule has 206 valence electrons. The number of aliphatic hydroxyl groups is 1. The van der Waals surface area contributed by atoms with E-state index < -0.39 is 51.3 Å². The number of carbonyl (C=O) groups is 3. The second kappa shape index (κ2) is 12.2. The van der Waals surface area contributed by atoms with Crippen LogP contribution < -0.4 is 5.32 Å². The van der Waals surface area contributed by atoms with Crippen LogP contribution in [0, 0.1) is 5.92 Å². The molecule has 0 bridgehead atoms. The molecule has 2 aliphatic rings. The van der Waals surface area contributed by atoms with Crippen molar-refractivity contribution >= 4 is 27.7 Å². The standard InChI is InChI=1S/C25H37N3O8S/c1-25(2,3)36-24(32)28-14-20(21(29)15-28)26-23(31)19(13-22(30)27-9-11-35-12-10-27)17-37(33,34)16-18-7-5-4-6-8-18/h4-8,19-21,29H,9-17H2,1-3H3,(H,26,31). The first-order valence-electron chi connectivity index (χ1n) is 12.4. The van der Waals surface area contributed by atoms with Crippen molar-refractivity contribution in [2.75, 3.05) is 45.1 Å². The molecule has 11 nitrogen and oxygen atoms in total. The van der Waals surface area contributed by atoms with Crippen LogP contribution >= 0.6 is 0 Å². The minimum Gasteiger partial charge on any atom is -0.444 e. The zero-order valence-corrected chi connectivity index (χ0v) is 22.4. The number of nitrogens with one attached hydrogen (secondary N) is 1. The summed E-state index contributed by atoms with van der Waals surface area (Å²) in [7, 11) is -3.75. The first-order chi connectivity index (χ1) is 17.3. The second-order valence-corrected chi connectivity index (χ2v) is 12.6. The molecular formula is C25H37N3O8S. The van der Waals surface area contributed by atoms with Gasteiger partial charge in [-0.1, -0.05) is 30.3 Å². The fraction of sp³-hybridized carbons (Fsp3) is 0.640. The molecule has 3 amide bonds. The second-order valence-electron chi connectivity index (χ2n) is 10.5. The minimum absolute atomic E-state index is 0.00269. The summed E-state index contributed by atoms with van der Waals surface area (Å²) in [5, 5.41) is 13.2. The summed E-state index contributed by atoms with van der Waals surface area (Å²) in [6.45, 7) is 6.64. The Labute approximate surface area is 218 Å². The van der Waals surface area contributed by atoms with E-state index in [2.05, 4.69) is 5.32 Å². The van der Waals surface area contributed by atoms with Crippen LogP contribution in [0.2, 0.25) is 0 Å². The predicted octanol–water partition coefficient (Wildman–Crippen LogP) is 0.563. The summed E-state index contributed by atoms with van der Waals surface area (Å²) in [6.07, 6.45) is -1.97. The van der Waals surface area contributed by atoms with Gasteiger partial charge in [0.15, 0.2) is 9.84 Å². The molecule has 0 saturated carbocycles. The van der Waals surface area contributed by atoms with Crippen molar-refractivity contribution in [1.29, 1.82) is 0 Å². The van der Waals surface area contributed by atoms with Crippen molar-refractivity contribution in [2.45, 2.75) is 50.7 Å². The molecule has 2 saturated heterocycles. The number of aliphatic hydroxyl groups excluding tert-OH is 1. The van der Waals surface area contributed by atoms with Gasteiger partial charge in [-0.2, -0.15) is 0 Å². The molecule has 2 aliphatic heterocycles. The van der Waals surface area contributed by atoms with Gasteiger partial charge in [0.25, 0.3) is 0 Å². The number of hydrogen-bond acceptors (Lipinski definition) is 8. The summed E-state index contributed by atoms with van der Waals surface area (Å²) < 4.78 is 36.6. The van der Waals surface area contributed by atoms with E-state index in [1.54, 1.807) is 56.0 Å². The number of carbonyl (C=O) groups excluding carboxylic acids is 3. The summed E-state index contributed by atoms with van der Waals surface area (Å²) >= 11 is 0. The van der Waals surface area contributed by atoms with Crippen molar-refractivity contribution in [3.05, 3.63) is 35.9 Å². The van der Waals surface area contributed by atoms with Crippen LogP contribution in [0.1, 0.15) is 32.8 Å². The van der Waals surface area contributed by atoms with E-state index in [-0.39, 0.29) is 31.2 Å². The first-order valence-corrected chi connectivity index (χ1v) is 14.2. The van der Waals surface area contributed by atoms with Crippen LogP contribution in [0.5, 0.6) is 0 Å². The zero-order chi connectivity index (χ0) is 27.2. The van der Waals surface area contributed by atoms with Crippen LogP contribution in [0.15, 0.2) is 30.3 Å². The maximum Gasteiger partial charge on any atom is 0.410 e. The van der Waals surface area contributed by atoms with Crippen LogP contribution in [-0.4, -0.2) is 104 Å². The molecule has 0 spiro atoms. The molecule has 2 heterocycles. The molecule has 2 fully saturated rings. The third kappa shape index (κ3) is 8.97. The van der Waals surface area contributed by atoms with Crippen LogP contribution in [0.4, 0.5) is 4.79 Å². The normalized spacial score (nSPS) is 21.4. The molecule has 0 aliphatic carbocycles. The third-order valence-corrected chi connectivity index (χ3v) is 7.79. The maximum absolute atomic E-state index is 13.3.